The quantitative estimate of drug-likeness (QED) is 0.806. The van der Waals surface area contributed by atoms with Crippen LogP contribution in [0.3, 0.4) is 0 Å². The van der Waals surface area contributed by atoms with E-state index < -0.39 is 5.82 Å². The highest BCUT2D eigenvalue weighted by Crippen LogP contribution is 2.29. The van der Waals surface area contributed by atoms with Gasteiger partial charge in [0.05, 0.1) is 17.3 Å². The summed E-state index contributed by atoms with van der Waals surface area (Å²) in [6, 6.07) is 2.58. The summed E-state index contributed by atoms with van der Waals surface area (Å²) in [5.74, 6) is 0.481. The number of rotatable bonds is 4. The van der Waals surface area contributed by atoms with Gasteiger partial charge in [-0.1, -0.05) is 25.4 Å². The Morgan fingerprint density at radius 3 is 2.73 bits per heavy atom. The number of anilines is 1. The average molecular weight is 232 g/mol. The summed E-state index contributed by atoms with van der Waals surface area (Å²) >= 11 is 5.80. The van der Waals surface area contributed by atoms with Crippen LogP contribution in [0.15, 0.2) is 12.1 Å². The van der Waals surface area contributed by atoms with Gasteiger partial charge in [-0.3, -0.25) is 0 Å². The SMILES string of the molecule is CC(C)CCOc1cc(N)c(F)cc1Cl. The Balaban J connectivity index is 2.65. The average Bonchev–Trinajstić information content (AvgIpc) is 2.13. The zero-order chi connectivity index (χ0) is 11.4. The van der Waals surface area contributed by atoms with Gasteiger partial charge in [-0.25, -0.2) is 4.39 Å². The van der Waals surface area contributed by atoms with Crippen LogP contribution in [0.25, 0.3) is 0 Å². The fraction of sp³-hybridized carbons (Fsp3) is 0.455. The smallest absolute Gasteiger partial charge is 0.147 e. The molecule has 1 rings (SSSR count). The lowest BCUT2D eigenvalue weighted by atomic mass is 10.1. The molecule has 1 aromatic rings. The van der Waals surface area contributed by atoms with E-state index >= 15 is 0 Å². The van der Waals surface area contributed by atoms with E-state index in [1.54, 1.807) is 0 Å². The summed E-state index contributed by atoms with van der Waals surface area (Å²) in [6.45, 7) is 4.76. The summed E-state index contributed by atoms with van der Waals surface area (Å²) in [6.07, 6.45) is 0.924. The Morgan fingerprint density at radius 2 is 2.13 bits per heavy atom. The van der Waals surface area contributed by atoms with Gasteiger partial charge in [-0.15, -0.1) is 0 Å². The standard InChI is InChI=1S/C11H15ClFNO/c1-7(2)3-4-15-11-6-10(14)9(13)5-8(11)12/h5-7H,3-4,14H2,1-2H3. The maximum absolute atomic E-state index is 12.9. The number of nitrogens with two attached hydrogens (primary N) is 1. The van der Waals surface area contributed by atoms with Gasteiger partial charge in [0.15, 0.2) is 0 Å². The molecule has 2 N–H and O–H groups in total. The molecule has 2 nitrogen and oxygen atoms in total. The normalized spacial score (nSPS) is 10.7. The van der Waals surface area contributed by atoms with Gasteiger partial charge in [0.2, 0.25) is 0 Å². The summed E-state index contributed by atoms with van der Waals surface area (Å²) in [7, 11) is 0. The predicted molar refractivity (Wildman–Crippen MR) is 60.8 cm³/mol. The van der Waals surface area contributed by atoms with E-state index in [9.17, 15) is 4.39 Å². The van der Waals surface area contributed by atoms with Crippen molar-refractivity contribution in [1.29, 1.82) is 0 Å². The zero-order valence-electron chi connectivity index (χ0n) is 8.89. The second kappa shape index (κ2) is 5.21. The molecule has 1 aromatic carbocycles. The van der Waals surface area contributed by atoms with Gasteiger partial charge >= 0.3 is 0 Å². The predicted octanol–water partition coefficient (Wildman–Crippen LogP) is 3.49. The molecule has 0 saturated heterocycles. The van der Waals surface area contributed by atoms with Gasteiger partial charge in [-0.05, 0) is 18.4 Å². The molecule has 0 fully saturated rings. The first kappa shape index (κ1) is 12.1. The van der Waals surface area contributed by atoms with Gasteiger partial charge in [0.25, 0.3) is 0 Å². The first-order valence-electron chi connectivity index (χ1n) is 4.88. The second-order valence-corrected chi connectivity index (χ2v) is 4.24. The van der Waals surface area contributed by atoms with Crippen molar-refractivity contribution in [2.75, 3.05) is 12.3 Å². The molecule has 0 amide bonds. The van der Waals surface area contributed by atoms with Crippen LogP contribution in [0.4, 0.5) is 10.1 Å². The summed E-state index contributed by atoms with van der Waals surface area (Å²) in [4.78, 5) is 0. The van der Waals surface area contributed by atoms with Crippen LogP contribution in [0.5, 0.6) is 5.75 Å². The van der Waals surface area contributed by atoms with Crippen molar-refractivity contribution >= 4 is 17.3 Å². The molecule has 15 heavy (non-hydrogen) atoms. The molecule has 0 spiro atoms. The van der Waals surface area contributed by atoms with Crippen molar-refractivity contribution in [3.8, 4) is 5.75 Å². The molecule has 0 bridgehead atoms. The van der Waals surface area contributed by atoms with Crippen molar-refractivity contribution in [1.82, 2.24) is 0 Å². The largest absolute Gasteiger partial charge is 0.492 e. The molecule has 0 aliphatic rings. The van der Waals surface area contributed by atoms with Crippen LogP contribution in [0, 0.1) is 11.7 Å². The van der Waals surface area contributed by atoms with Crippen LogP contribution in [0.1, 0.15) is 20.3 Å². The molecule has 0 saturated carbocycles. The van der Waals surface area contributed by atoms with Crippen LogP contribution >= 0.6 is 11.6 Å². The van der Waals surface area contributed by atoms with Gasteiger partial charge in [-0.2, -0.15) is 0 Å². The molecule has 0 heterocycles. The van der Waals surface area contributed by atoms with Crippen molar-refractivity contribution < 1.29 is 9.13 Å². The third-order valence-electron chi connectivity index (χ3n) is 2.00. The van der Waals surface area contributed by atoms with Gasteiger partial charge in [0, 0.05) is 6.07 Å². The molecule has 4 heteroatoms. The van der Waals surface area contributed by atoms with E-state index in [2.05, 4.69) is 13.8 Å². The number of hydrogen-bond acceptors (Lipinski definition) is 2. The summed E-state index contributed by atoms with van der Waals surface area (Å²) < 4.78 is 18.3. The van der Waals surface area contributed by atoms with Crippen LogP contribution < -0.4 is 10.5 Å². The molecule has 0 aliphatic heterocycles. The molecule has 84 valence electrons. The molecular weight excluding hydrogens is 217 g/mol. The van der Waals surface area contributed by atoms with Crippen LogP contribution in [0.2, 0.25) is 5.02 Å². The van der Waals surface area contributed by atoms with E-state index in [1.165, 1.54) is 12.1 Å². The number of benzene rings is 1. The number of hydrogen-bond donors (Lipinski definition) is 1. The summed E-state index contributed by atoms with van der Waals surface area (Å²) in [5, 5.41) is 0.255. The highest BCUT2D eigenvalue weighted by atomic mass is 35.5. The number of ether oxygens (including phenoxy) is 1. The monoisotopic (exact) mass is 231 g/mol. The zero-order valence-corrected chi connectivity index (χ0v) is 9.64. The number of nitrogen functional groups attached to an aromatic ring is 1. The van der Waals surface area contributed by atoms with E-state index in [0.717, 1.165) is 6.42 Å². The summed E-state index contributed by atoms with van der Waals surface area (Å²) in [5.41, 5.74) is 5.46. The van der Waals surface area contributed by atoms with Crippen LogP contribution in [-0.4, -0.2) is 6.61 Å². The Kier molecular flexibility index (Phi) is 4.21. The molecule has 0 aliphatic carbocycles. The maximum Gasteiger partial charge on any atom is 0.147 e. The second-order valence-electron chi connectivity index (χ2n) is 3.84. The Hall–Kier alpha value is -0.960. The Morgan fingerprint density at radius 1 is 1.47 bits per heavy atom. The fourth-order valence-electron chi connectivity index (χ4n) is 1.06. The van der Waals surface area contributed by atoms with Crippen molar-refractivity contribution in [3.05, 3.63) is 23.0 Å². The van der Waals surface area contributed by atoms with E-state index in [1.807, 2.05) is 0 Å². The fourth-order valence-corrected chi connectivity index (χ4v) is 1.26. The lowest BCUT2D eigenvalue weighted by Crippen LogP contribution is -2.02. The molecular formula is C11H15ClFNO. The minimum atomic E-state index is -0.517. The van der Waals surface area contributed by atoms with E-state index in [-0.39, 0.29) is 10.7 Å². The minimum absolute atomic E-state index is 0.0546. The molecule has 0 atom stereocenters. The Labute approximate surface area is 94.2 Å². The highest BCUT2D eigenvalue weighted by molar-refractivity contribution is 6.32. The molecule has 0 radical (unpaired) electrons. The lowest BCUT2D eigenvalue weighted by Gasteiger charge is -2.10. The molecule has 0 aromatic heterocycles. The van der Waals surface area contributed by atoms with Crippen LogP contribution in [-0.2, 0) is 0 Å². The third-order valence-corrected chi connectivity index (χ3v) is 2.30. The van der Waals surface area contributed by atoms with E-state index in [0.29, 0.717) is 18.3 Å². The molecule has 0 unspecified atom stereocenters. The van der Waals surface area contributed by atoms with Crippen molar-refractivity contribution in [2.24, 2.45) is 5.92 Å². The van der Waals surface area contributed by atoms with Crippen molar-refractivity contribution in [3.63, 3.8) is 0 Å². The van der Waals surface area contributed by atoms with Crippen molar-refractivity contribution in [2.45, 2.75) is 20.3 Å². The third kappa shape index (κ3) is 3.59. The highest BCUT2D eigenvalue weighted by Gasteiger charge is 2.07. The first-order valence-corrected chi connectivity index (χ1v) is 5.26. The van der Waals surface area contributed by atoms with Gasteiger partial charge in [0.1, 0.15) is 11.6 Å². The minimum Gasteiger partial charge on any atom is -0.492 e. The lowest BCUT2D eigenvalue weighted by molar-refractivity contribution is 0.289. The topological polar surface area (TPSA) is 35.2 Å². The van der Waals surface area contributed by atoms with Gasteiger partial charge < -0.3 is 10.5 Å². The number of halogens is 2. The van der Waals surface area contributed by atoms with E-state index in [4.69, 9.17) is 22.1 Å². The first-order chi connectivity index (χ1) is 7.00. The Bertz CT molecular complexity index is 342. The maximum atomic E-state index is 12.9.